The molecule has 2 rings (SSSR count). The molecule has 0 aliphatic carbocycles. The van der Waals surface area contributed by atoms with E-state index >= 15 is 0 Å². The Kier molecular flexibility index (Phi) is 10.8. The van der Waals surface area contributed by atoms with E-state index in [0.29, 0.717) is 30.9 Å². The molecule has 0 spiro atoms. The zero-order valence-corrected chi connectivity index (χ0v) is 17.1. The molecule has 2 aromatic carbocycles. The molecule has 0 saturated carbocycles. The van der Waals surface area contributed by atoms with E-state index in [-0.39, 0.29) is 24.3 Å². The standard InChI is InChI=1S/C10H13N3O3.C10H15N3O/c1-2-11-10(14)12-7-8-4-3-5-9(6-8)13(15)16;1-2-12-10(14)13-7-8-4-3-5-9(11)6-8/h3-6H,2,7H2,1H3,(H2,11,12,14);3-6H,2,7,11H2,1H3,(H2,12,13,14). The maximum atomic E-state index is 11.1. The summed E-state index contributed by atoms with van der Waals surface area (Å²) in [6, 6.07) is 13.2. The van der Waals surface area contributed by atoms with Gasteiger partial charge >= 0.3 is 12.1 Å². The van der Waals surface area contributed by atoms with Crippen molar-refractivity contribution in [3.8, 4) is 0 Å². The van der Waals surface area contributed by atoms with E-state index in [1.165, 1.54) is 12.1 Å². The van der Waals surface area contributed by atoms with Gasteiger partial charge in [-0.2, -0.15) is 0 Å². The van der Waals surface area contributed by atoms with Crippen LogP contribution >= 0.6 is 0 Å². The summed E-state index contributed by atoms with van der Waals surface area (Å²) in [6.07, 6.45) is 0. The molecule has 2 aromatic rings. The molecule has 0 radical (unpaired) electrons. The Morgan fingerprint density at radius 3 is 1.83 bits per heavy atom. The molecule has 4 amide bonds. The fourth-order valence-corrected chi connectivity index (χ4v) is 2.29. The summed E-state index contributed by atoms with van der Waals surface area (Å²) >= 11 is 0. The summed E-state index contributed by atoms with van der Waals surface area (Å²) in [4.78, 5) is 32.2. The van der Waals surface area contributed by atoms with Gasteiger partial charge < -0.3 is 27.0 Å². The summed E-state index contributed by atoms with van der Waals surface area (Å²) in [6.45, 7) is 5.63. The summed E-state index contributed by atoms with van der Waals surface area (Å²) in [5.74, 6) is 0. The first-order chi connectivity index (χ1) is 14.3. The van der Waals surface area contributed by atoms with Gasteiger partial charge in [0.2, 0.25) is 0 Å². The van der Waals surface area contributed by atoms with Gasteiger partial charge in [-0.1, -0.05) is 24.3 Å². The van der Waals surface area contributed by atoms with Crippen LogP contribution in [0.15, 0.2) is 48.5 Å². The second kappa shape index (κ2) is 13.4. The Morgan fingerprint density at radius 1 is 0.867 bits per heavy atom. The minimum Gasteiger partial charge on any atom is -0.399 e. The smallest absolute Gasteiger partial charge is 0.315 e. The number of nitrogen functional groups attached to an aromatic ring is 1. The van der Waals surface area contributed by atoms with Gasteiger partial charge in [-0.05, 0) is 37.1 Å². The lowest BCUT2D eigenvalue weighted by Crippen LogP contribution is -2.34. The van der Waals surface area contributed by atoms with E-state index in [1.807, 2.05) is 38.1 Å². The van der Waals surface area contributed by atoms with Crippen LogP contribution in [0.1, 0.15) is 25.0 Å². The van der Waals surface area contributed by atoms with Gasteiger partial charge in [-0.15, -0.1) is 0 Å². The number of carbonyl (C=O) groups is 2. The number of non-ortho nitro benzene ring substituents is 1. The number of benzene rings is 2. The highest BCUT2D eigenvalue weighted by Gasteiger charge is 2.06. The molecule has 0 aromatic heterocycles. The van der Waals surface area contributed by atoms with Crippen molar-refractivity contribution in [2.24, 2.45) is 0 Å². The molecule has 0 bridgehead atoms. The number of carbonyl (C=O) groups excluding carboxylic acids is 2. The largest absolute Gasteiger partial charge is 0.399 e. The number of hydrogen-bond donors (Lipinski definition) is 5. The number of nitro groups is 1. The van der Waals surface area contributed by atoms with Crippen LogP contribution in [-0.2, 0) is 13.1 Å². The second-order valence-electron chi connectivity index (χ2n) is 6.10. The van der Waals surface area contributed by atoms with Crippen molar-refractivity contribution in [2.75, 3.05) is 18.8 Å². The van der Waals surface area contributed by atoms with Crippen molar-refractivity contribution in [1.82, 2.24) is 21.3 Å². The van der Waals surface area contributed by atoms with Gasteiger partial charge in [0.1, 0.15) is 0 Å². The second-order valence-corrected chi connectivity index (χ2v) is 6.10. The average Bonchev–Trinajstić information content (AvgIpc) is 2.72. The zero-order chi connectivity index (χ0) is 22.4. The van der Waals surface area contributed by atoms with Gasteiger partial charge in [-0.25, -0.2) is 9.59 Å². The molecule has 0 atom stereocenters. The van der Waals surface area contributed by atoms with Crippen LogP contribution in [0.25, 0.3) is 0 Å². The minimum atomic E-state index is -0.463. The van der Waals surface area contributed by atoms with Crippen LogP contribution in [0.2, 0.25) is 0 Å². The number of rotatable bonds is 7. The predicted octanol–water partition coefficient (Wildman–Crippen LogP) is 2.50. The van der Waals surface area contributed by atoms with E-state index in [1.54, 1.807) is 12.1 Å². The third kappa shape index (κ3) is 9.93. The first-order valence-corrected chi connectivity index (χ1v) is 9.46. The fraction of sp³-hybridized carbons (Fsp3) is 0.300. The van der Waals surface area contributed by atoms with Crippen LogP contribution in [0.5, 0.6) is 0 Å². The molecule has 0 fully saturated rings. The maximum absolute atomic E-state index is 11.1. The van der Waals surface area contributed by atoms with Gasteiger partial charge in [0, 0.05) is 44.0 Å². The van der Waals surface area contributed by atoms with E-state index in [4.69, 9.17) is 5.73 Å². The fourth-order valence-electron chi connectivity index (χ4n) is 2.29. The molecular formula is C20H28N6O4. The average molecular weight is 416 g/mol. The molecular weight excluding hydrogens is 388 g/mol. The van der Waals surface area contributed by atoms with E-state index in [9.17, 15) is 19.7 Å². The SMILES string of the molecule is CCNC(=O)NCc1cccc(N)c1.CCNC(=O)NCc1cccc([N+](=O)[O-])c1. The maximum Gasteiger partial charge on any atom is 0.315 e. The van der Waals surface area contributed by atoms with E-state index in [0.717, 1.165) is 5.56 Å². The number of nitrogens with zero attached hydrogens (tertiary/aromatic N) is 1. The first kappa shape index (κ1) is 24.2. The van der Waals surface area contributed by atoms with Crippen LogP contribution in [0.4, 0.5) is 21.0 Å². The number of anilines is 1. The number of nitrogens with one attached hydrogen (secondary N) is 4. The van der Waals surface area contributed by atoms with Crippen molar-refractivity contribution in [3.05, 3.63) is 69.8 Å². The normalized spacial score (nSPS) is 9.53. The van der Waals surface area contributed by atoms with Gasteiger partial charge in [0.25, 0.3) is 5.69 Å². The lowest BCUT2D eigenvalue weighted by molar-refractivity contribution is -0.384. The monoisotopic (exact) mass is 416 g/mol. The third-order valence-electron chi connectivity index (χ3n) is 3.65. The number of urea groups is 2. The zero-order valence-electron chi connectivity index (χ0n) is 17.1. The molecule has 10 nitrogen and oxygen atoms in total. The summed E-state index contributed by atoms with van der Waals surface area (Å²) < 4.78 is 0. The van der Waals surface area contributed by atoms with Crippen LogP contribution in [-0.4, -0.2) is 30.1 Å². The molecule has 10 heteroatoms. The predicted molar refractivity (Wildman–Crippen MR) is 116 cm³/mol. The number of hydrogen-bond acceptors (Lipinski definition) is 5. The highest BCUT2D eigenvalue weighted by Crippen LogP contribution is 2.12. The Morgan fingerprint density at radius 2 is 1.37 bits per heavy atom. The van der Waals surface area contributed by atoms with E-state index in [2.05, 4.69) is 21.3 Å². The highest BCUT2D eigenvalue weighted by molar-refractivity contribution is 5.74. The van der Waals surface area contributed by atoms with Gasteiger partial charge in [-0.3, -0.25) is 10.1 Å². The van der Waals surface area contributed by atoms with Gasteiger partial charge in [0.15, 0.2) is 0 Å². The Hall–Kier alpha value is -3.82. The summed E-state index contributed by atoms with van der Waals surface area (Å²) in [5.41, 5.74) is 8.02. The van der Waals surface area contributed by atoms with Crippen molar-refractivity contribution in [3.63, 3.8) is 0 Å². The summed E-state index contributed by atoms with van der Waals surface area (Å²) in [7, 11) is 0. The van der Waals surface area contributed by atoms with Gasteiger partial charge in [0.05, 0.1) is 4.92 Å². The Bertz CT molecular complexity index is 844. The number of nitrogens with two attached hydrogens (primary N) is 1. The third-order valence-corrected chi connectivity index (χ3v) is 3.65. The highest BCUT2D eigenvalue weighted by atomic mass is 16.6. The molecule has 0 aliphatic heterocycles. The van der Waals surface area contributed by atoms with Crippen LogP contribution < -0.4 is 27.0 Å². The van der Waals surface area contributed by atoms with Crippen molar-refractivity contribution < 1.29 is 14.5 Å². The minimum absolute atomic E-state index is 0.0233. The van der Waals surface area contributed by atoms with Crippen molar-refractivity contribution in [2.45, 2.75) is 26.9 Å². The number of nitro benzene ring substituents is 1. The Balaban J connectivity index is 0.000000303. The molecule has 0 aliphatic rings. The van der Waals surface area contributed by atoms with Crippen molar-refractivity contribution in [1.29, 1.82) is 0 Å². The topological polar surface area (TPSA) is 151 Å². The van der Waals surface area contributed by atoms with Crippen LogP contribution in [0, 0.1) is 10.1 Å². The lowest BCUT2D eigenvalue weighted by atomic mass is 10.2. The molecule has 0 unspecified atom stereocenters. The lowest BCUT2D eigenvalue weighted by Gasteiger charge is -2.06. The summed E-state index contributed by atoms with van der Waals surface area (Å²) in [5, 5.41) is 21.0. The van der Waals surface area contributed by atoms with E-state index < -0.39 is 4.92 Å². The quantitative estimate of drug-likeness (QED) is 0.267. The van der Waals surface area contributed by atoms with Crippen molar-refractivity contribution >= 4 is 23.4 Å². The molecule has 0 heterocycles. The Labute approximate surface area is 175 Å². The number of amides is 4. The molecule has 30 heavy (non-hydrogen) atoms. The molecule has 0 saturated heterocycles. The molecule has 162 valence electrons. The molecule has 6 N–H and O–H groups in total. The van der Waals surface area contributed by atoms with Crippen LogP contribution in [0.3, 0.4) is 0 Å². The first-order valence-electron chi connectivity index (χ1n) is 9.46.